The Labute approximate surface area is 172 Å². The molecular formula is C23H30N2O4. The molecule has 0 spiro atoms. The molecule has 0 heterocycles. The van der Waals surface area contributed by atoms with Crippen molar-refractivity contribution >= 4 is 17.5 Å². The van der Waals surface area contributed by atoms with Crippen LogP contribution in [-0.4, -0.2) is 32.1 Å². The minimum Gasteiger partial charge on any atom is -0.489 e. The lowest BCUT2D eigenvalue weighted by molar-refractivity contribution is -0.136. The third kappa shape index (κ3) is 7.23. The van der Waals surface area contributed by atoms with Crippen molar-refractivity contribution in [1.29, 1.82) is 0 Å². The Hall–Kier alpha value is -2.86. The molecule has 6 heteroatoms. The fraction of sp³-hybridized carbons (Fsp3) is 0.391. The van der Waals surface area contributed by atoms with E-state index < -0.39 is 11.8 Å². The van der Waals surface area contributed by atoms with Crippen molar-refractivity contribution in [3.63, 3.8) is 0 Å². The number of ether oxygens (including phenoxy) is 2. The van der Waals surface area contributed by atoms with E-state index in [1.54, 1.807) is 31.4 Å². The molecule has 0 fully saturated rings. The first kappa shape index (κ1) is 22.4. The van der Waals surface area contributed by atoms with Gasteiger partial charge in [0.15, 0.2) is 0 Å². The van der Waals surface area contributed by atoms with Crippen molar-refractivity contribution in [2.45, 2.75) is 33.2 Å². The van der Waals surface area contributed by atoms with Gasteiger partial charge in [-0.15, -0.1) is 0 Å². The molecule has 29 heavy (non-hydrogen) atoms. The number of amides is 2. The summed E-state index contributed by atoms with van der Waals surface area (Å²) in [5, 5.41) is 5.34. The fourth-order valence-electron chi connectivity index (χ4n) is 2.87. The topological polar surface area (TPSA) is 76.7 Å². The summed E-state index contributed by atoms with van der Waals surface area (Å²) in [5.74, 6) is -0.367. The van der Waals surface area contributed by atoms with Crippen LogP contribution in [0.15, 0.2) is 48.5 Å². The molecule has 0 saturated carbocycles. The zero-order valence-electron chi connectivity index (χ0n) is 17.5. The van der Waals surface area contributed by atoms with Gasteiger partial charge in [-0.05, 0) is 42.5 Å². The molecule has 0 radical (unpaired) electrons. The number of hydrogen-bond donors (Lipinski definition) is 2. The van der Waals surface area contributed by atoms with Crippen LogP contribution in [0.5, 0.6) is 5.75 Å². The van der Waals surface area contributed by atoms with Gasteiger partial charge in [-0.2, -0.15) is 0 Å². The number of nitrogens with one attached hydrogen (secondary N) is 2. The zero-order chi connectivity index (χ0) is 21.2. The van der Waals surface area contributed by atoms with Crippen LogP contribution in [0.25, 0.3) is 0 Å². The lowest BCUT2D eigenvalue weighted by Gasteiger charge is -2.16. The predicted molar refractivity (Wildman–Crippen MR) is 114 cm³/mol. The Balaban J connectivity index is 1.94. The Morgan fingerprint density at radius 3 is 2.28 bits per heavy atom. The first-order chi connectivity index (χ1) is 13.9. The molecule has 2 aromatic carbocycles. The lowest BCUT2D eigenvalue weighted by Crippen LogP contribution is -2.37. The highest BCUT2D eigenvalue weighted by Crippen LogP contribution is 2.23. The number of hydrogen-bond acceptors (Lipinski definition) is 4. The van der Waals surface area contributed by atoms with Gasteiger partial charge in [0.2, 0.25) is 0 Å². The highest BCUT2D eigenvalue weighted by molar-refractivity contribution is 6.39. The van der Waals surface area contributed by atoms with Gasteiger partial charge < -0.3 is 20.1 Å². The SMILES string of the molecule is COCCOc1ccccc1NC(=O)C(=O)NC(C)c1ccc(CC(C)C)cc1. The Kier molecular flexibility index (Phi) is 8.68. The maximum Gasteiger partial charge on any atom is 0.313 e. The average Bonchev–Trinajstić information content (AvgIpc) is 2.69. The number of methoxy groups -OCH3 is 1. The normalized spacial score (nSPS) is 11.8. The van der Waals surface area contributed by atoms with Crippen LogP contribution in [0, 0.1) is 5.92 Å². The molecule has 0 bridgehead atoms. The van der Waals surface area contributed by atoms with E-state index in [1.165, 1.54) is 5.56 Å². The van der Waals surface area contributed by atoms with Gasteiger partial charge in [-0.3, -0.25) is 9.59 Å². The minimum atomic E-state index is -0.740. The van der Waals surface area contributed by atoms with E-state index >= 15 is 0 Å². The second-order valence-electron chi connectivity index (χ2n) is 7.33. The zero-order valence-corrected chi connectivity index (χ0v) is 17.5. The molecule has 0 aliphatic heterocycles. The molecule has 6 nitrogen and oxygen atoms in total. The number of carbonyl (C=O) groups excluding carboxylic acids is 2. The second-order valence-corrected chi connectivity index (χ2v) is 7.33. The van der Waals surface area contributed by atoms with E-state index in [2.05, 4.69) is 36.6 Å². The molecule has 1 atom stereocenters. The summed E-state index contributed by atoms with van der Waals surface area (Å²) in [4.78, 5) is 24.7. The van der Waals surface area contributed by atoms with Crippen molar-refractivity contribution < 1.29 is 19.1 Å². The minimum absolute atomic E-state index is 0.283. The van der Waals surface area contributed by atoms with Gasteiger partial charge in [0, 0.05) is 7.11 Å². The van der Waals surface area contributed by atoms with E-state index in [0.717, 1.165) is 12.0 Å². The van der Waals surface area contributed by atoms with Crippen molar-refractivity contribution in [3.05, 3.63) is 59.7 Å². The largest absolute Gasteiger partial charge is 0.489 e. The summed E-state index contributed by atoms with van der Waals surface area (Å²) in [5.41, 5.74) is 2.64. The molecule has 2 amide bonds. The van der Waals surface area contributed by atoms with Crippen LogP contribution in [0.4, 0.5) is 5.69 Å². The Bertz CT molecular complexity index is 803. The van der Waals surface area contributed by atoms with Crippen LogP contribution >= 0.6 is 0 Å². The Morgan fingerprint density at radius 1 is 0.931 bits per heavy atom. The van der Waals surface area contributed by atoms with Crippen LogP contribution in [-0.2, 0) is 20.7 Å². The summed E-state index contributed by atoms with van der Waals surface area (Å²) in [6, 6.07) is 14.8. The van der Waals surface area contributed by atoms with Gasteiger partial charge in [0.1, 0.15) is 12.4 Å². The number of carbonyl (C=O) groups is 2. The highest BCUT2D eigenvalue weighted by Gasteiger charge is 2.18. The van der Waals surface area contributed by atoms with E-state index in [9.17, 15) is 9.59 Å². The third-order valence-corrected chi connectivity index (χ3v) is 4.36. The van der Waals surface area contributed by atoms with Crippen molar-refractivity contribution in [1.82, 2.24) is 5.32 Å². The van der Waals surface area contributed by atoms with Crippen LogP contribution in [0.2, 0.25) is 0 Å². The van der Waals surface area contributed by atoms with Crippen molar-refractivity contribution in [3.8, 4) is 5.75 Å². The van der Waals surface area contributed by atoms with Crippen LogP contribution < -0.4 is 15.4 Å². The van der Waals surface area contributed by atoms with Crippen LogP contribution in [0.1, 0.15) is 37.9 Å². The number of anilines is 1. The van der Waals surface area contributed by atoms with E-state index in [-0.39, 0.29) is 6.04 Å². The molecule has 2 aromatic rings. The number of benzene rings is 2. The first-order valence-corrected chi connectivity index (χ1v) is 9.82. The summed E-state index contributed by atoms with van der Waals surface area (Å²) < 4.78 is 10.5. The summed E-state index contributed by atoms with van der Waals surface area (Å²) in [6.07, 6.45) is 1.01. The smallest absolute Gasteiger partial charge is 0.313 e. The molecule has 0 aromatic heterocycles. The highest BCUT2D eigenvalue weighted by atomic mass is 16.5. The summed E-state index contributed by atoms with van der Waals surface area (Å²) in [6.45, 7) is 6.98. The van der Waals surface area contributed by atoms with Crippen molar-refractivity contribution in [2.24, 2.45) is 5.92 Å². The van der Waals surface area contributed by atoms with Gasteiger partial charge in [0.05, 0.1) is 18.3 Å². The van der Waals surface area contributed by atoms with Crippen LogP contribution in [0.3, 0.4) is 0 Å². The molecule has 2 N–H and O–H groups in total. The molecule has 0 aliphatic carbocycles. The maximum atomic E-state index is 12.3. The lowest BCUT2D eigenvalue weighted by atomic mass is 10.00. The van der Waals surface area contributed by atoms with Gasteiger partial charge in [-0.25, -0.2) is 0 Å². The first-order valence-electron chi connectivity index (χ1n) is 9.82. The average molecular weight is 399 g/mol. The number of para-hydroxylation sites is 2. The summed E-state index contributed by atoms with van der Waals surface area (Å²) >= 11 is 0. The molecule has 0 saturated heterocycles. The van der Waals surface area contributed by atoms with E-state index in [4.69, 9.17) is 9.47 Å². The molecular weight excluding hydrogens is 368 g/mol. The molecule has 0 aliphatic rings. The van der Waals surface area contributed by atoms with E-state index in [0.29, 0.717) is 30.6 Å². The summed E-state index contributed by atoms with van der Waals surface area (Å²) in [7, 11) is 1.58. The van der Waals surface area contributed by atoms with Crippen molar-refractivity contribution in [2.75, 3.05) is 25.6 Å². The van der Waals surface area contributed by atoms with Gasteiger partial charge in [-0.1, -0.05) is 50.2 Å². The predicted octanol–water partition coefficient (Wildman–Crippen LogP) is 3.73. The maximum absolute atomic E-state index is 12.3. The van der Waals surface area contributed by atoms with Gasteiger partial charge >= 0.3 is 11.8 Å². The molecule has 2 rings (SSSR count). The molecule has 1 unspecified atom stereocenters. The number of rotatable bonds is 9. The monoisotopic (exact) mass is 398 g/mol. The third-order valence-electron chi connectivity index (χ3n) is 4.36. The van der Waals surface area contributed by atoms with Gasteiger partial charge in [0.25, 0.3) is 0 Å². The standard InChI is InChI=1S/C23H30N2O4/c1-16(2)15-18-9-11-19(12-10-18)17(3)24-22(26)23(27)25-20-7-5-6-8-21(20)29-14-13-28-4/h5-12,16-17H,13-15H2,1-4H3,(H,24,26)(H,25,27). The quantitative estimate of drug-likeness (QED) is 0.498. The molecule has 156 valence electrons. The Morgan fingerprint density at radius 2 is 1.62 bits per heavy atom. The fourth-order valence-corrected chi connectivity index (χ4v) is 2.87. The second kappa shape index (κ2) is 11.2. The van der Waals surface area contributed by atoms with E-state index in [1.807, 2.05) is 19.1 Å².